The van der Waals surface area contributed by atoms with Gasteiger partial charge < -0.3 is 14.4 Å². The van der Waals surface area contributed by atoms with E-state index in [9.17, 15) is 9.90 Å². The fourth-order valence-electron chi connectivity index (χ4n) is 3.48. The van der Waals surface area contributed by atoms with Crippen LogP contribution in [0.25, 0.3) is 16.8 Å². The molecule has 6 nitrogen and oxygen atoms in total. The van der Waals surface area contributed by atoms with Gasteiger partial charge in [0.2, 0.25) is 0 Å². The highest BCUT2D eigenvalue weighted by molar-refractivity contribution is 5.67. The van der Waals surface area contributed by atoms with Gasteiger partial charge in [-0.2, -0.15) is 5.10 Å². The van der Waals surface area contributed by atoms with Crippen molar-refractivity contribution in [2.24, 2.45) is 5.41 Å². The van der Waals surface area contributed by atoms with Crippen LogP contribution in [-0.4, -0.2) is 32.7 Å². The zero-order valence-electron chi connectivity index (χ0n) is 17.0. The molecule has 3 aromatic rings. The second-order valence-corrected chi connectivity index (χ2v) is 8.02. The van der Waals surface area contributed by atoms with E-state index in [4.69, 9.17) is 4.74 Å². The third-order valence-corrected chi connectivity index (χ3v) is 5.63. The van der Waals surface area contributed by atoms with Crippen LogP contribution in [0.3, 0.4) is 0 Å². The van der Waals surface area contributed by atoms with E-state index in [1.165, 1.54) is 0 Å². The summed E-state index contributed by atoms with van der Waals surface area (Å²) >= 11 is 0. The second kappa shape index (κ2) is 7.87. The van der Waals surface area contributed by atoms with Gasteiger partial charge in [-0.3, -0.25) is 4.79 Å². The van der Waals surface area contributed by atoms with Crippen LogP contribution in [0, 0.1) is 12.3 Å². The number of hydrogen-bond acceptors (Lipinski definition) is 4. The summed E-state index contributed by atoms with van der Waals surface area (Å²) in [5.41, 5.74) is 4.04. The maximum absolute atomic E-state index is 11.9. The molecule has 1 aliphatic rings. The molecule has 0 aliphatic heterocycles. The molecular weight excluding hydrogens is 366 g/mol. The molecule has 0 unspecified atom stereocenters. The Hall–Kier alpha value is -2.86. The molecule has 1 fully saturated rings. The number of nitrogens with zero attached hydrogens (tertiary/aromatic N) is 3. The third-order valence-electron chi connectivity index (χ3n) is 5.63. The smallest absolute Gasteiger partial charge is 0.250 e. The Bertz CT molecular complexity index is 1060. The van der Waals surface area contributed by atoms with Gasteiger partial charge >= 0.3 is 0 Å². The molecule has 29 heavy (non-hydrogen) atoms. The summed E-state index contributed by atoms with van der Waals surface area (Å²) < 4.78 is 9.41. The van der Waals surface area contributed by atoms with Crippen molar-refractivity contribution < 1.29 is 9.84 Å². The van der Waals surface area contributed by atoms with Crippen molar-refractivity contribution >= 4 is 0 Å². The lowest BCUT2D eigenvalue weighted by atomic mass is 10.0. The maximum Gasteiger partial charge on any atom is 0.250 e. The standard InChI is InChI=1S/C23H27N3O3/c1-3-10-25-14-19(4-7-22(25)28)26-13-18(12-24-26)21-6-5-20(11-17(21)2)29-16-23(15-27)8-9-23/h4-7,11-14,27H,3,8-10,15-16H2,1-2H3. The second-order valence-electron chi connectivity index (χ2n) is 8.02. The van der Waals surface area contributed by atoms with Crippen molar-refractivity contribution in [1.29, 1.82) is 0 Å². The third kappa shape index (κ3) is 4.12. The molecule has 1 N–H and O–H groups in total. The van der Waals surface area contributed by atoms with Gasteiger partial charge in [0.15, 0.2) is 0 Å². The van der Waals surface area contributed by atoms with Crippen LogP contribution in [-0.2, 0) is 6.54 Å². The van der Waals surface area contributed by atoms with Gasteiger partial charge in [0, 0.05) is 36.0 Å². The molecule has 4 rings (SSSR count). The minimum absolute atomic E-state index is 0.00332. The molecule has 2 heterocycles. The minimum Gasteiger partial charge on any atom is -0.493 e. The van der Waals surface area contributed by atoms with E-state index in [0.29, 0.717) is 13.2 Å². The van der Waals surface area contributed by atoms with E-state index in [-0.39, 0.29) is 17.6 Å². The summed E-state index contributed by atoms with van der Waals surface area (Å²) in [4.78, 5) is 11.9. The highest BCUT2D eigenvalue weighted by Gasteiger charge is 2.42. The van der Waals surface area contributed by atoms with Gasteiger partial charge in [-0.25, -0.2) is 4.68 Å². The minimum atomic E-state index is -0.0258. The van der Waals surface area contributed by atoms with Crippen molar-refractivity contribution in [3.05, 3.63) is 64.8 Å². The summed E-state index contributed by atoms with van der Waals surface area (Å²) in [6, 6.07) is 9.42. The van der Waals surface area contributed by atoms with Crippen LogP contribution < -0.4 is 10.3 Å². The summed E-state index contributed by atoms with van der Waals surface area (Å²) in [6.07, 6.45) is 8.63. The molecule has 1 aromatic carbocycles. The van der Waals surface area contributed by atoms with Gasteiger partial charge in [0.25, 0.3) is 5.56 Å². The summed E-state index contributed by atoms with van der Waals surface area (Å²) in [5, 5.41) is 13.9. The molecule has 0 saturated heterocycles. The van der Waals surface area contributed by atoms with E-state index < -0.39 is 0 Å². The fraction of sp³-hybridized carbons (Fsp3) is 0.391. The van der Waals surface area contributed by atoms with Gasteiger partial charge in [0.1, 0.15) is 5.75 Å². The van der Waals surface area contributed by atoms with Crippen LogP contribution in [0.5, 0.6) is 5.75 Å². The van der Waals surface area contributed by atoms with Crippen LogP contribution >= 0.6 is 0 Å². The number of aliphatic hydroxyl groups is 1. The van der Waals surface area contributed by atoms with Crippen molar-refractivity contribution in [3.63, 3.8) is 0 Å². The van der Waals surface area contributed by atoms with Gasteiger partial charge in [-0.15, -0.1) is 0 Å². The predicted molar refractivity (Wildman–Crippen MR) is 113 cm³/mol. The Kier molecular flexibility index (Phi) is 5.28. The molecule has 1 aliphatic carbocycles. The van der Waals surface area contributed by atoms with Gasteiger partial charge in [0.05, 0.1) is 25.1 Å². The van der Waals surface area contributed by atoms with Crippen LogP contribution in [0.2, 0.25) is 0 Å². The first-order valence-electron chi connectivity index (χ1n) is 10.1. The number of aliphatic hydroxyl groups excluding tert-OH is 1. The van der Waals surface area contributed by atoms with Gasteiger partial charge in [-0.1, -0.05) is 13.0 Å². The topological polar surface area (TPSA) is 69.3 Å². The first kappa shape index (κ1) is 19.5. The van der Waals surface area contributed by atoms with E-state index >= 15 is 0 Å². The quantitative estimate of drug-likeness (QED) is 0.635. The number of hydrogen-bond donors (Lipinski definition) is 1. The predicted octanol–water partition coefficient (Wildman–Crippen LogP) is 3.57. The number of ether oxygens (including phenoxy) is 1. The molecule has 0 bridgehead atoms. The van der Waals surface area contributed by atoms with Crippen LogP contribution in [0.4, 0.5) is 0 Å². The van der Waals surface area contributed by atoms with Crippen molar-refractivity contribution in [3.8, 4) is 22.6 Å². The first-order chi connectivity index (χ1) is 14.0. The summed E-state index contributed by atoms with van der Waals surface area (Å²) in [5.74, 6) is 0.824. The fourth-order valence-corrected chi connectivity index (χ4v) is 3.48. The van der Waals surface area contributed by atoms with E-state index in [1.807, 2.05) is 36.8 Å². The molecule has 6 heteroatoms. The first-order valence-corrected chi connectivity index (χ1v) is 10.1. The molecule has 0 spiro atoms. The molecule has 2 aromatic heterocycles. The van der Waals surface area contributed by atoms with Crippen molar-refractivity contribution in [2.75, 3.05) is 13.2 Å². The Morgan fingerprint density at radius 3 is 2.72 bits per heavy atom. The lowest BCUT2D eigenvalue weighted by Crippen LogP contribution is -2.19. The van der Waals surface area contributed by atoms with Crippen LogP contribution in [0.1, 0.15) is 31.7 Å². The molecule has 1 saturated carbocycles. The summed E-state index contributed by atoms with van der Waals surface area (Å²) in [6.45, 7) is 5.55. The lowest BCUT2D eigenvalue weighted by Gasteiger charge is -2.14. The van der Waals surface area contributed by atoms with E-state index in [0.717, 1.165) is 47.4 Å². The molecular formula is C23H27N3O3. The zero-order valence-corrected chi connectivity index (χ0v) is 17.0. The molecule has 0 amide bonds. The summed E-state index contributed by atoms with van der Waals surface area (Å²) in [7, 11) is 0. The number of aromatic nitrogens is 3. The number of aryl methyl sites for hydroxylation is 2. The van der Waals surface area contributed by atoms with E-state index in [1.54, 1.807) is 21.4 Å². The number of benzene rings is 1. The monoisotopic (exact) mass is 393 g/mol. The number of rotatable bonds is 8. The Labute approximate surface area is 170 Å². The Balaban J connectivity index is 1.53. The largest absolute Gasteiger partial charge is 0.493 e. The highest BCUT2D eigenvalue weighted by Crippen LogP contribution is 2.45. The Morgan fingerprint density at radius 1 is 1.21 bits per heavy atom. The van der Waals surface area contributed by atoms with Gasteiger partial charge in [-0.05, 0) is 55.5 Å². The van der Waals surface area contributed by atoms with Crippen LogP contribution in [0.15, 0.2) is 53.7 Å². The molecule has 0 radical (unpaired) electrons. The molecule has 152 valence electrons. The average Bonchev–Trinajstić information content (AvgIpc) is 3.35. The number of pyridine rings is 1. The highest BCUT2D eigenvalue weighted by atomic mass is 16.5. The van der Waals surface area contributed by atoms with Crippen molar-refractivity contribution in [2.45, 2.75) is 39.7 Å². The lowest BCUT2D eigenvalue weighted by molar-refractivity contribution is 0.146. The SMILES string of the molecule is CCCn1cc(-n2cc(-c3ccc(OCC4(CO)CC4)cc3C)cn2)ccc1=O. The average molecular weight is 393 g/mol. The normalized spacial score (nSPS) is 14.7. The molecule has 0 atom stereocenters. The Morgan fingerprint density at radius 2 is 2.03 bits per heavy atom. The van der Waals surface area contributed by atoms with Crippen molar-refractivity contribution in [1.82, 2.24) is 14.3 Å². The maximum atomic E-state index is 11.9. The zero-order chi connectivity index (χ0) is 20.4. The van der Waals surface area contributed by atoms with E-state index in [2.05, 4.69) is 18.9 Å².